The van der Waals surface area contributed by atoms with Crippen molar-refractivity contribution in [3.63, 3.8) is 0 Å². The Kier molecular flexibility index (Phi) is 9.09. The number of benzene rings is 3. The largest absolute Gasteiger partial charge is 0.461 e. The van der Waals surface area contributed by atoms with E-state index in [0.29, 0.717) is 6.61 Å². The molecular formula is C23H24O2S. The van der Waals surface area contributed by atoms with Crippen LogP contribution in [0.5, 0.6) is 0 Å². The third kappa shape index (κ3) is 8.54. The lowest BCUT2D eigenvalue weighted by Crippen LogP contribution is -1.97. The van der Waals surface area contributed by atoms with E-state index < -0.39 is 0 Å². The second-order valence-electron chi connectivity index (χ2n) is 5.73. The smallest absolute Gasteiger partial charge is 0.302 e. The van der Waals surface area contributed by atoms with Crippen molar-refractivity contribution in [3.8, 4) is 0 Å². The summed E-state index contributed by atoms with van der Waals surface area (Å²) in [4.78, 5) is 10.4. The molecule has 0 aliphatic heterocycles. The zero-order valence-corrected chi connectivity index (χ0v) is 15.8. The fraction of sp³-hybridized carbons (Fsp3) is 0.174. The second-order valence-corrected chi connectivity index (χ2v) is 6.72. The molecule has 0 unspecified atom stereocenters. The molecule has 0 fully saturated rings. The molecule has 26 heavy (non-hydrogen) atoms. The maximum Gasteiger partial charge on any atom is 0.302 e. The van der Waals surface area contributed by atoms with Gasteiger partial charge < -0.3 is 4.74 Å². The van der Waals surface area contributed by atoms with Crippen LogP contribution in [0, 0.1) is 0 Å². The van der Waals surface area contributed by atoms with Crippen LogP contribution in [0.25, 0.3) is 0 Å². The number of carbonyl (C=O) groups excluding carboxylic acids is 1. The van der Waals surface area contributed by atoms with Gasteiger partial charge in [-0.3, -0.25) is 4.79 Å². The summed E-state index contributed by atoms with van der Waals surface area (Å²) in [5.41, 5.74) is 3.82. The molecule has 0 aliphatic carbocycles. The van der Waals surface area contributed by atoms with Crippen LogP contribution in [0.2, 0.25) is 0 Å². The van der Waals surface area contributed by atoms with E-state index in [1.54, 1.807) is 0 Å². The zero-order valence-electron chi connectivity index (χ0n) is 15.0. The Morgan fingerprint density at radius 1 is 0.692 bits per heavy atom. The maximum absolute atomic E-state index is 10.4. The van der Waals surface area contributed by atoms with Gasteiger partial charge in [-0.1, -0.05) is 91.0 Å². The van der Waals surface area contributed by atoms with Crippen LogP contribution in [0.15, 0.2) is 91.0 Å². The molecule has 134 valence electrons. The summed E-state index contributed by atoms with van der Waals surface area (Å²) in [6, 6.07) is 30.8. The minimum atomic E-state index is -0.242. The Bertz CT molecular complexity index is 703. The molecule has 0 saturated carbocycles. The second kappa shape index (κ2) is 11.9. The van der Waals surface area contributed by atoms with E-state index in [0.717, 1.165) is 17.1 Å². The van der Waals surface area contributed by atoms with Crippen LogP contribution in [0.1, 0.15) is 23.6 Å². The van der Waals surface area contributed by atoms with Crippen LogP contribution in [-0.4, -0.2) is 5.97 Å². The predicted molar refractivity (Wildman–Crippen MR) is 110 cm³/mol. The normalized spacial score (nSPS) is 9.73. The van der Waals surface area contributed by atoms with Crippen molar-refractivity contribution >= 4 is 17.7 Å². The third-order valence-corrected chi connectivity index (χ3v) is 4.58. The third-order valence-electron chi connectivity index (χ3n) is 3.51. The number of thioether (sulfide) groups is 1. The molecule has 0 aromatic heterocycles. The molecule has 0 spiro atoms. The molecule has 3 aromatic carbocycles. The monoisotopic (exact) mass is 364 g/mol. The zero-order chi connectivity index (χ0) is 18.5. The molecule has 0 amide bonds. The van der Waals surface area contributed by atoms with Crippen molar-refractivity contribution in [1.29, 1.82) is 0 Å². The SMILES string of the molecule is CC(=O)OCc1ccccc1.c1ccc(CSCc2ccccc2)cc1. The van der Waals surface area contributed by atoms with E-state index in [1.165, 1.54) is 18.1 Å². The average Bonchev–Trinajstić information content (AvgIpc) is 2.69. The first-order valence-electron chi connectivity index (χ1n) is 8.57. The number of hydrogen-bond donors (Lipinski definition) is 0. The van der Waals surface area contributed by atoms with Gasteiger partial charge in [0.15, 0.2) is 0 Å². The first-order chi connectivity index (χ1) is 12.7. The van der Waals surface area contributed by atoms with Crippen LogP contribution in [0.3, 0.4) is 0 Å². The van der Waals surface area contributed by atoms with Gasteiger partial charge in [0.25, 0.3) is 0 Å². The Morgan fingerprint density at radius 3 is 1.46 bits per heavy atom. The van der Waals surface area contributed by atoms with Crippen LogP contribution in [-0.2, 0) is 27.6 Å². The first-order valence-corrected chi connectivity index (χ1v) is 9.72. The molecule has 2 nitrogen and oxygen atoms in total. The van der Waals surface area contributed by atoms with Crippen LogP contribution in [0.4, 0.5) is 0 Å². The first kappa shape index (κ1) is 19.8. The van der Waals surface area contributed by atoms with E-state index in [-0.39, 0.29) is 5.97 Å². The Balaban J connectivity index is 0.000000197. The molecule has 0 aliphatic rings. The fourth-order valence-corrected chi connectivity index (χ4v) is 3.15. The molecule has 0 saturated heterocycles. The Hall–Kier alpha value is -2.52. The standard InChI is InChI=1S/C14H14S.C9H10O2/c1-3-7-13(8-4-1)11-15-12-14-9-5-2-6-10-14;1-8(10)11-7-9-5-3-2-4-6-9/h1-10H,11-12H2;2-6H,7H2,1H3. The van der Waals surface area contributed by atoms with E-state index in [9.17, 15) is 4.79 Å². The molecule has 0 radical (unpaired) electrons. The van der Waals surface area contributed by atoms with E-state index >= 15 is 0 Å². The maximum atomic E-state index is 10.4. The lowest BCUT2D eigenvalue weighted by molar-refractivity contribution is -0.142. The van der Waals surface area contributed by atoms with Gasteiger partial charge in [-0.05, 0) is 16.7 Å². The van der Waals surface area contributed by atoms with Gasteiger partial charge in [-0.2, -0.15) is 11.8 Å². The summed E-state index contributed by atoms with van der Waals surface area (Å²) < 4.78 is 4.79. The molecule has 0 atom stereocenters. The van der Waals surface area contributed by atoms with Crippen LogP contribution < -0.4 is 0 Å². The molecule has 3 heteroatoms. The highest BCUT2D eigenvalue weighted by Crippen LogP contribution is 2.17. The number of ether oxygens (including phenoxy) is 1. The topological polar surface area (TPSA) is 26.3 Å². The van der Waals surface area contributed by atoms with Crippen molar-refractivity contribution in [2.24, 2.45) is 0 Å². The van der Waals surface area contributed by atoms with Gasteiger partial charge in [0.05, 0.1) is 0 Å². The number of rotatable bonds is 6. The highest BCUT2D eigenvalue weighted by Gasteiger charge is 1.94. The fourth-order valence-electron chi connectivity index (χ4n) is 2.19. The van der Waals surface area contributed by atoms with E-state index in [1.807, 2.05) is 42.1 Å². The van der Waals surface area contributed by atoms with Gasteiger partial charge in [-0.25, -0.2) is 0 Å². The average molecular weight is 365 g/mol. The lowest BCUT2D eigenvalue weighted by atomic mass is 10.2. The molecule has 3 aromatic rings. The molecule has 0 bridgehead atoms. The van der Waals surface area contributed by atoms with Gasteiger partial charge in [0.2, 0.25) is 0 Å². The van der Waals surface area contributed by atoms with Gasteiger partial charge in [0, 0.05) is 18.4 Å². The molecule has 0 heterocycles. The van der Waals surface area contributed by atoms with E-state index in [4.69, 9.17) is 4.74 Å². The summed E-state index contributed by atoms with van der Waals surface area (Å²) in [6.07, 6.45) is 0. The Labute approximate surface area is 160 Å². The van der Waals surface area contributed by atoms with Crippen LogP contribution >= 0.6 is 11.8 Å². The number of carbonyl (C=O) groups is 1. The summed E-state index contributed by atoms with van der Waals surface area (Å²) in [5.74, 6) is 1.94. The van der Waals surface area contributed by atoms with Crippen molar-refractivity contribution in [2.75, 3.05) is 0 Å². The van der Waals surface area contributed by atoms with Crippen molar-refractivity contribution < 1.29 is 9.53 Å². The predicted octanol–water partition coefficient (Wildman–Crippen LogP) is 5.87. The quantitative estimate of drug-likeness (QED) is 0.512. The molecule has 0 N–H and O–H groups in total. The minimum absolute atomic E-state index is 0.242. The molecule has 3 rings (SSSR count). The number of hydrogen-bond acceptors (Lipinski definition) is 3. The highest BCUT2D eigenvalue weighted by atomic mass is 32.2. The lowest BCUT2D eigenvalue weighted by Gasteiger charge is -2.01. The van der Waals surface area contributed by atoms with E-state index in [2.05, 4.69) is 60.7 Å². The summed E-state index contributed by atoms with van der Waals surface area (Å²) in [6.45, 7) is 1.78. The highest BCUT2D eigenvalue weighted by molar-refractivity contribution is 7.97. The summed E-state index contributed by atoms with van der Waals surface area (Å²) in [7, 11) is 0. The van der Waals surface area contributed by atoms with Gasteiger partial charge in [0.1, 0.15) is 6.61 Å². The number of esters is 1. The molecular weight excluding hydrogens is 340 g/mol. The van der Waals surface area contributed by atoms with Crippen molar-refractivity contribution in [2.45, 2.75) is 25.0 Å². The minimum Gasteiger partial charge on any atom is -0.461 e. The van der Waals surface area contributed by atoms with Crippen molar-refractivity contribution in [3.05, 3.63) is 108 Å². The van der Waals surface area contributed by atoms with Gasteiger partial charge in [-0.15, -0.1) is 0 Å². The van der Waals surface area contributed by atoms with Crippen molar-refractivity contribution in [1.82, 2.24) is 0 Å². The summed E-state index contributed by atoms with van der Waals surface area (Å²) >= 11 is 1.96. The van der Waals surface area contributed by atoms with Gasteiger partial charge >= 0.3 is 5.97 Å². The summed E-state index contributed by atoms with van der Waals surface area (Å²) in [5, 5.41) is 0. The Morgan fingerprint density at radius 2 is 1.08 bits per heavy atom.